The fourth-order valence-corrected chi connectivity index (χ4v) is 2.25. The number of fused-ring (bicyclic) bond motifs is 1. The van der Waals surface area contributed by atoms with Crippen molar-refractivity contribution >= 4 is 6.08 Å². The van der Waals surface area contributed by atoms with Crippen molar-refractivity contribution in [2.24, 2.45) is 0 Å². The molecule has 0 N–H and O–H groups in total. The van der Waals surface area contributed by atoms with E-state index in [-0.39, 0.29) is 0 Å². The number of benzene rings is 1. The molecule has 6 heteroatoms. The highest BCUT2D eigenvalue weighted by atomic mass is 35.7. The first-order chi connectivity index (χ1) is 9.84. The molecule has 1 aromatic carbocycles. The highest BCUT2D eigenvalue weighted by Gasteiger charge is 2.17. The van der Waals surface area contributed by atoms with Crippen LogP contribution in [0.1, 0.15) is 11.4 Å². The van der Waals surface area contributed by atoms with Crippen LogP contribution in [0.3, 0.4) is 0 Å². The Morgan fingerprint density at radius 3 is 2.19 bits per heavy atom. The molecular formula is C15H14ClNO4. The lowest BCUT2D eigenvalue weighted by Crippen LogP contribution is -2.68. The molecule has 0 saturated carbocycles. The van der Waals surface area contributed by atoms with Gasteiger partial charge in [-0.3, -0.25) is 0 Å². The Kier molecular flexibility index (Phi) is 4.72. The summed E-state index contributed by atoms with van der Waals surface area (Å²) in [5, 5.41) is 0. The van der Waals surface area contributed by atoms with Gasteiger partial charge in [-0.1, -0.05) is 30.3 Å². The molecule has 0 unspecified atom stereocenters. The summed E-state index contributed by atoms with van der Waals surface area (Å²) in [5.74, 6) is 0. The predicted molar refractivity (Wildman–Crippen MR) is 65.8 cm³/mol. The molecule has 1 aliphatic rings. The van der Waals surface area contributed by atoms with E-state index >= 15 is 0 Å². The monoisotopic (exact) mass is 307 g/mol. The summed E-state index contributed by atoms with van der Waals surface area (Å²) in [6.45, 7) is 3.18. The lowest BCUT2D eigenvalue weighted by Gasteiger charge is -2.17. The minimum absolute atomic E-state index is 1.01. The van der Waals surface area contributed by atoms with Gasteiger partial charge in [-0.05, 0) is 17.2 Å². The Labute approximate surface area is 124 Å². The van der Waals surface area contributed by atoms with Gasteiger partial charge in [0.25, 0.3) is 0 Å². The van der Waals surface area contributed by atoms with Crippen LogP contribution in [0.25, 0.3) is 17.2 Å². The number of aryl methyl sites for hydroxylation is 1. The number of allylic oxidation sites excluding steroid dienone is 1. The third kappa shape index (κ3) is 4.63. The van der Waals surface area contributed by atoms with E-state index in [1.54, 1.807) is 0 Å². The van der Waals surface area contributed by atoms with E-state index in [0.717, 1.165) is 6.54 Å². The fraction of sp³-hybridized carbons (Fsp3) is 0.133. The Bertz CT molecular complexity index is 645. The zero-order valence-electron chi connectivity index (χ0n) is 11.4. The molecule has 1 aliphatic heterocycles. The van der Waals surface area contributed by atoms with Crippen LogP contribution in [0.5, 0.6) is 0 Å². The van der Waals surface area contributed by atoms with E-state index in [1.165, 1.54) is 22.5 Å². The van der Waals surface area contributed by atoms with Gasteiger partial charge in [-0.25, -0.2) is 18.6 Å². The first-order valence-corrected chi connectivity index (χ1v) is 7.46. The van der Waals surface area contributed by atoms with Crippen molar-refractivity contribution in [1.82, 2.24) is 0 Å². The van der Waals surface area contributed by atoms with Crippen molar-refractivity contribution in [1.29, 1.82) is 0 Å². The van der Waals surface area contributed by atoms with Gasteiger partial charge in [0.15, 0.2) is 12.2 Å². The largest absolute Gasteiger partial charge is 0.222 e. The van der Waals surface area contributed by atoms with Crippen molar-refractivity contribution < 1.29 is 33.4 Å². The smallest absolute Gasteiger partial charge is 0.206 e. The molecule has 110 valence electrons. The van der Waals surface area contributed by atoms with Gasteiger partial charge in [0, 0.05) is 25.1 Å². The van der Waals surface area contributed by atoms with Crippen LogP contribution < -0.4 is 23.2 Å². The summed E-state index contributed by atoms with van der Waals surface area (Å²) >= 11 is 0. The Morgan fingerprint density at radius 1 is 0.952 bits per heavy atom. The molecule has 0 spiro atoms. The molecule has 0 bridgehead atoms. The number of nitrogens with zero attached hydrogens (tertiary/aromatic N) is 1. The molecule has 21 heavy (non-hydrogen) atoms. The van der Waals surface area contributed by atoms with E-state index < -0.39 is 10.2 Å². The summed E-state index contributed by atoms with van der Waals surface area (Å²) in [5.41, 5.74) is 5.21. The zero-order chi connectivity index (χ0) is 15.5. The molecular weight excluding hydrogens is 294 g/mol. The van der Waals surface area contributed by atoms with Crippen LogP contribution in [0.4, 0.5) is 0 Å². The lowest BCUT2D eigenvalue weighted by atomic mass is 10.0. The number of aromatic nitrogens is 1. The van der Waals surface area contributed by atoms with Crippen LogP contribution in [0, 0.1) is 17.2 Å². The average molecular weight is 308 g/mol. The molecule has 2 heterocycles. The summed E-state index contributed by atoms with van der Waals surface area (Å²) in [6, 6.07) is 15.0. The topological polar surface area (TPSA) is 96.1 Å². The average Bonchev–Trinajstić information content (AvgIpc) is 2.86. The van der Waals surface area contributed by atoms with E-state index in [2.05, 4.69) is 66.1 Å². The van der Waals surface area contributed by atoms with Crippen LogP contribution in [-0.4, -0.2) is 0 Å². The van der Waals surface area contributed by atoms with Gasteiger partial charge in [-0.15, -0.1) is 10.2 Å². The zero-order valence-corrected chi connectivity index (χ0v) is 12.1. The number of hydrogen-bond acceptors (Lipinski definition) is 4. The molecule has 0 radical (unpaired) electrons. The van der Waals surface area contributed by atoms with Crippen molar-refractivity contribution in [2.75, 3.05) is 0 Å². The molecule has 0 amide bonds. The lowest BCUT2D eigenvalue weighted by molar-refractivity contribution is -2.00. The fourth-order valence-electron chi connectivity index (χ4n) is 2.25. The number of pyridine rings is 1. The van der Waals surface area contributed by atoms with Crippen LogP contribution in [0.2, 0.25) is 0 Å². The molecule has 0 saturated heterocycles. The molecule has 2 aromatic rings. The maximum absolute atomic E-state index is 8.49. The van der Waals surface area contributed by atoms with Crippen LogP contribution in [0.15, 0.2) is 48.5 Å². The molecule has 0 aliphatic carbocycles. The van der Waals surface area contributed by atoms with Crippen molar-refractivity contribution in [3.8, 4) is 11.1 Å². The van der Waals surface area contributed by atoms with Gasteiger partial charge < -0.3 is 0 Å². The van der Waals surface area contributed by atoms with E-state index in [0.29, 0.717) is 0 Å². The normalized spacial score (nSPS) is 12.6. The van der Waals surface area contributed by atoms with Gasteiger partial charge in [0.05, 0.1) is 0 Å². The summed E-state index contributed by atoms with van der Waals surface area (Å²) in [4.78, 5) is 0. The van der Waals surface area contributed by atoms with Crippen molar-refractivity contribution in [3.63, 3.8) is 0 Å². The summed E-state index contributed by atoms with van der Waals surface area (Å²) in [7, 11) is -4.94. The minimum atomic E-state index is -4.94. The van der Waals surface area contributed by atoms with Gasteiger partial charge in [-0.2, -0.15) is 4.57 Å². The molecule has 0 atom stereocenters. The van der Waals surface area contributed by atoms with E-state index in [9.17, 15) is 0 Å². The second kappa shape index (κ2) is 6.34. The second-order valence-electron chi connectivity index (χ2n) is 4.57. The maximum Gasteiger partial charge on any atom is 0.206 e. The number of rotatable bonds is 1. The SMILES string of the molecule is Cc1cc(-c2ccccc2)cc2[n+]1CC=C2.[O-][Cl+3]([O-])([O-])[O-]. The Hall–Kier alpha value is -1.76. The minimum Gasteiger partial charge on any atom is -0.222 e. The predicted octanol–water partition coefficient (Wildman–Crippen LogP) is -1.78. The standard InChI is InChI=1S/C15H14N.ClHO4/c1-12-10-14(13-6-3-2-4-7-13)11-15-8-5-9-16(12)15;2-1(3,4)5/h2-8,10-11H,9H2,1H3;(H,2,3,4,5)/q+1;/p-1. The number of hydrogen-bond donors (Lipinski definition) is 0. The van der Waals surface area contributed by atoms with E-state index in [1.807, 2.05) is 0 Å². The molecule has 5 nitrogen and oxygen atoms in total. The maximum atomic E-state index is 8.49. The first-order valence-electron chi connectivity index (χ1n) is 6.23. The van der Waals surface area contributed by atoms with Crippen LogP contribution >= 0.6 is 0 Å². The van der Waals surface area contributed by atoms with Gasteiger partial charge in [0.2, 0.25) is 5.69 Å². The van der Waals surface area contributed by atoms with E-state index in [4.69, 9.17) is 18.6 Å². The Balaban J connectivity index is 0.000000282. The van der Waals surface area contributed by atoms with Crippen molar-refractivity contribution in [3.05, 3.63) is 59.9 Å². The Morgan fingerprint density at radius 2 is 1.57 bits per heavy atom. The first kappa shape index (κ1) is 15.6. The molecule has 1 aromatic heterocycles. The molecule has 0 fully saturated rings. The molecule has 3 rings (SSSR count). The third-order valence-corrected chi connectivity index (χ3v) is 3.09. The van der Waals surface area contributed by atoms with Gasteiger partial charge >= 0.3 is 0 Å². The summed E-state index contributed by atoms with van der Waals surface area (Å²) < 4.78 is 36.3. The quantitative estimate of drug-likeness (QED) is 0.582. The van der Waals surface area contributed by atoms with Gasteiger partial charge in [0.1, 0.15) is 0 Å². The van der Waals surface area contributed by atoms with Crippen LogP contribution in [-0.2, 0) is 6.54 Å². The highest BCUT2D eigenvalue weighted by Crippen LogP contribution is 2.21. The second-order valence-corrected chi connectivity index (χ2v) is 5.32. The number of halogens is 1. The third-order valence-electron chi connectivity index (χ3n) is 3.09. The highest BCUT2D eigenvalue weighted by molar-refractivity contribution is 5.65. The summed E-state index contributed by atoms with van der Waals surface area (Å²) in [6.07, 6.45) is 4.40. The van der Waals surface area contributed by atoms with Crippen molar-refractivity contribution in [2.45, 2.75) is 13.5 Å².